The zero-order valence-electron chi connectivity index (χ0n) is 16.2. The molecule has 0 spiro atoms. The zero-order chi connectivity index (χ0) is 20.6. The van der Waals surface area contributed by atoms with Crippen molar-refractivity contribution in [2.24, 2.45) is 0 Å². The second kappa shape index (κ2) is 9.54. The molecule has 0 radical (unpaired) electrons. The van der Waals surface area contributed by atoms with Gasteiger partial charge in [0.1, 0.15) is 23.0 Å². The molecular formula is C22H22FN3O3. The average molecular weight is 395 g/mol. The second-order valence-electron chi connectivity index (χ2n) is 6.22. The van der Waals surface area contributed by atoms with E-state index in [1.165, 1.54) is 6.07 Å². The van der Waals surface area contributed by atoms with Gasteiger partial charge >= 0.3 is 0 Å². The molecule has 29 heavy (non-hydrogen) atoms. The van der Waals surface area contributed by atoms with E-state index in [0.29, 0.717) is 35.7 Å². The Kier molecular flexibility index (Phi) is 6.63. The Morgan fingerprint density at radius 2 is 1.90 bits per heavy atom. The number of ether oxygens (including phenoxy) is 2. The molecule has 0 aliphatic carbocycles. The summed E-state index contributed by atoms with van der Waals surface area (Å²) < 4.78 is 24.2. The summed E-state index contributed by atoms with van der Waals surface area (Å²) in [5, 5.41) is 5.95. The molecule has 0 atom stereocenters. The van der Waals surface area contributed by atoms with E-state index in [4.69, 9.17) is 9.47 Å². The van der Waals surface area contributed by atoms with Gasteiger partial charge in [0.15, 0.2) is 0 Å². The lowest BCUT2D eigenvalue weighted by Gasteiger charge is -2.12. The molecule has 3 aromatic rings. The Labute approximate surface area is 168 Å². The number of pyridine rings is 1. The summed E-state index contributed by atoms with van der Waals surface area (Å²) in [6, 6.07) is 15.3. The van der Waals surface area contributed by atoms with Crippen molar-refractivity contribution in [1.29, 1.82) is 0 Å². The predicted octanol–water partition coefficient (Wildman–Crippen LogP) is 3.95. The van der Waals surface area contributed by atoms with Crippen molar-refractivity contribution in [2.75, 3.05) is 26.1 Å². The van der Waals surface area contributed by atoms with Crippen molar-refractivity contribution >= 4 is 17.3 Å². The van der Waals surface area contributed by atoms with Crippen molar-refractivity contribution in [3.05, 3.63) is 77.9 Å². The average Bonchev–Trinajstić information content (AvgIpc) is 2.75. The van der Waals surface area contributed by atoms with Crippen LogP contribution in [0, 0.1) is 5.82 Å². The topological polar surface area (TPSA) is 72.5 Å². The first-order valence-electron chi connectivity index (χ1n) is 9.07. The van der Waals surface area contributed by atoms with Crippen molar-refractivity contribution in [3.8, 4) is 11.5 Å². The summed E-state index contributed by atoms with van der Waals surface area (Å²) in [6.07, 6.45) is 1.97. The molecule has 0 aliphatic heterocycles. The lowest BCUT2D eigenvalue weighted by molar-refractivity contribution is 0.0949. The normalized spacial score (nSPS) is 10.3. The minimum absolute atomic E-state index is 0.275. The Balaban J connectivity index is 1.60. The third-order valence-corrected chi connectivity index (χ3v) is 4.32. The highest BCUT2D eigenvalue weighted by Gasteiger charge is 2.09. The minimum atomic E-state index is -0.313. The van der Waals surface area contributed by atoms with Gasteiger partial charge in [0.2, 0.25) is 0 Å². The molecule has 6 nitrogen and oxygen atoms in total. The van der Waals surface area contributed by atoms with E-state index in [-0.39, 0.29) is 17.4 Å². The number of carbonyl (C=O) groups is 1. The monoisotopic (exact) mass is 395 g/mol. The fraction of sp³-hybridized carbons (Fsp3) is 0.182. The Morgan fingerprint density at radius 1 is 1.07 bits per heavy atom. The quantitative estimate of drug-likeness (QED) is 0.604. The van der Waals surface area contributed by atoms with Gasteiger partial charge < -0.3 is 20.1 Å². The number of nitrogens with zero attached hydrogens (tertiary/aromatic N) is 1. The van der Waals surface area contributed by atoms with E-state index in [1.807, 2.05) is 6.07 Å². The summed E-state index contributed by atoms with van der Waals surface area (Å²) in [7, 11) is 3.17. The molecule has 1 amide bonds. The molecule has 7 heteroatoms. The summed E-state index contributed by atoms with van der Waals surface area (Å²) >= 11 is 0. The molecule has 150 valence electrons. The van der Waals surface area contributed by atoms with Gasteiger partial charge in [-0.25, -0.2) is 9.37 Å². The van der Waals surface area contributed by atoms with Crippen LogP contribution < -0.4 is 20.1 Å². The summed E-state index contributed by atoms with van der Waals surface area (Å²) in [5.74, 6) is 0.753. The summed E-state index contributed by atoms with van der Waals surface area (Å²) in [4.78, 5) is 16.4. The zero-order valence-corrected chi connectivity index (χ0v) is 16.2. The van der Waals surface area contributed by atoms with Gasteiger partial charge in [-0.15, -0.1) is 0 Å². The number of hydrogen-bond donors (Lipinski definition) is 2. The highest BCUT2D eigenvalue weighted by molar-refractivity contribution is 5.92. The van der Waals surface area contributed by atoms with E-state index in [2.05, 4.69) is 15.6 Å². The molecule has 0 aliphatic rings. The highest BCUT2D eigenvalue weighted by atomic mass is 19.1. The molecule has 2 aromatic carbocycles. The Bertz CT molecular complexity index is 977. The van der Waals surface area contributed by atoms with Gasteiger partial charge in [-0.05, 0) is 42.3 Å². The lowest BCUT2D eigenvalue weighted by atomic mass is 10.1. The maximum Gasteiger partial charge on any atom is 0.269 e. The SMILES string of the molecule is COc1ccc(OC)c(Nc2ccc(C(=O)NCCc3ccccc3F)nc2)c1. The van der Waals surface area contributed by atoms with Crippen molar-refractivity contribution in [3.63, 3.8) is 0 Å². The molecule has 0 unspecified atom stereocenters. The number of amides is 1. The maximum absolute atomic E-state index is 13.6. The lowest BCUT2D eigenvalue weighted by Crippen LogP contribution is -2.26. The number of halogens is 1. The van der Waals surface area contributed by atoms with Crippen molar-refractivity contribution < 1.29 is 18.7 Å². The van der Waals surface area contributed by atoms with Crippen LogP contribution in [0.15, 0.2) is 60.8 Å². The van der Waals surface area contributed by atoms with Crippen LogP contribution in [0.4, 0.5) is 15.8 Å². The molecular weight excluding hydrogens is 373 g/mol. The van der Waals surface area contributed by atoms with Crippen molar-refractivity contribution in [2.45, 2.75) is 6.42 Å². The molecule has 0 fully saturated rings. The van der Waals surface area contributed by atoms with Gasteiger partial charge in [0.25, 0.3) is 5.91 Å². The first kappa shape index (κ1) is 20.1. The predicted molar refractivity (Wildman–Crippen MR) is 110 cm³/mol. The third-order valence-electron chi connectivity index (χ3n) is 4.32. The number of anilines is 2. The first-order valence-corrected chi connectivity index (χ1v) is 9.07. The van der Waals surface area contributed by atoms with E-state index < -0.39 is 0 Å². The van der Waals surface area contributed by atoms with Gasteiger partial charge in [-0.2, -0.15) is 0 Å². The first-order chi connectivity index (χ1) is 14.1. The van der Waals surface area contributed by atoms with Crippen LogP contribution in [-0.4, -0.2) is 31.7 Å². The third kappa shape index (κ3) is 5.22. The van der Waals surface area contributed by atoms with Crippen LogP contribution in [0.5, 0.6) is 11.5 Å². The van der Waals surface area contributed by atoms with Crippen LogP contribution in [0.1, 0.15) is 16.1 Å². The van der Waals surface area contributed by atoms with Crippen LogP contribution in [-0.2, 0) is 6.42 Å². The van der Waals surface area contributed by atoms with Crippen LogP contribution >= 0.6 is 0 Å². The molecule has 1 aromatic heterocycles. The highest BCUT2D eigenvalue weighted by Crippen LogP contribution is 2.31. The number of benzene rings is 2. The van der Waals surface area contributed by atoms with Crippen LogP contribution in [0.2, 0.25) is 0 Å². The fourth-order valence-electron chi connectivity index (χ4n) is 2.77. The molecule has 0 bridgehead atoms. The number of rotatable bonds is 8. The number of nitrogens with one attached hydrogen (secondary N) is 2. The fourth-order valence-corrected chi connectivity index (χ4v) is 2.77. The van der Waals surface area contributed by atoms with Gasteiger partial charge in [0, 0.05) is 12.6 Å². The second-order valence-corrected chi connectivity index (χ2v) is 6.22. The Morgan fingerprint density at radius 3 is 2.59 bits per heavy atom. The van der Waals surface area contributed by atoms with Crippen molar-refractivity contribution in [1.82, 2.24) is 10.3 Å². The Hall–Kier alpha value is -3.61. The van der Waals surface area contributed by atoms with Crippen LogP contribution in [0.3, 0.4) is 0 Å². The van der Waals surface area contributed by atoms with E-state index >= 15 is 0 Å². The van der Waals surface area contributed by atoms with E-state index in [0.717, 1.165) is 5.69 Å². The molecule has 3 rings (SSSR count). The largest absolute Gasteiger partial charge is 0.497 e. The molecule has 1 heterocycles. The van der Waals surface area contributed by atoms with Gasteiger partial charge in [-0.3, -0.25) is 4.79 Å². The standard InChI is InChI=1S/C22H22FN3O3/c1-28-17-8-10-21(29-2)20(13-17)26-16-7-9-19(25-14-16)22(27)24-12-11-15-5-3-4-6-18(15)23/h3-10,13-14,26H,11-12H2,1-2H3,(H,24,27). The number of methoxy groups -OCH3 is 2. The number of carbonyl (C=O) groups excluding carboxylic acids is 1. The minimum Gasteiger partial charge on any atom is -0.497 e. The summed E-state index contributed by atoms with van der Waals surface area (Å²) in [5.41, 5.74) is 2.25. The van der Waals surface area contributed by atoms with Crippen LogP contribution in [0.25, 0.3) is 0 Å². The van der Waals surface area contributed by atoms with Gasteiger partial charge in [-0.1, -0.05) is 18.2 Å². The maximum atomic E-state index is 13.6. The molecule has 0 saturated carbocycles. The summed E-state index contributed by atoms with van der Waals surface area (Å²) in [6.45, 7) is 0.322. The van der Waals surface area contributed by atoms with E-state index in [1.54, 1.807) is 62.9 Å². The number of hydrogen-bond acceptors (Lipinski definition) is 5. The van der Waals surface area contributed by atoms with Gasteiger partial charge in [0.05, 0.1) is 31.8 Å². The smallest absolute Gasteiger partial charge is 0.269 e. The molecule has 2 N–H and O–H groups in total. The molecule has 0 saturated heterocycles. The number of aromatic nitrogens is 1. The van der Waals surface area contributed by atoms with E-state index in [9.17, 15) is 9.18 Å².